The van der Waals surface area contributed by atoms with Crippen LogP contribution in [0.2, 0.25) is 0 Å². The van der Waals surface area contributed by atoms with Crippen molar-refractivity contribution in [3.8, 4) is 5.75 Å². The van der Waals surface area contributed by atoms with E-state index in [-0.39, 0.29) is 5.78 Å². The monoisotopic (exact) mass is 396 g/mol. The molecule has 20 heavy (non-hydrogen) atoms. The van der Waals surface area contributed by atoms with Crippen LogP contribution in [0.15, 0.2) is 46.9 Å². The number of hydrogen-bond donors (Lipinski definition) is 0. The number of carbonyl (C=O) groups excluding carboxylic acids is 1. The van der Waals surface area contributed by atoms with Gasteiger partial charge in [-0.05, 0) is 42.3 Å². The first kappa shape index (κ1) is 15.3. The van der Waals surface area contributed by atoms with Crippen molar-refractivity contribution < 1.29 is 9.53 Å². The van der Waals surface area contributed by atoms with E-state index in [2.05, 4.69) is 31.9 Å². The lowest BCUT2D eigenvalue weighted by Gasteiger charge is -2.07. The Morgan fingerprint density at radius 3 is 2.30 bits per heavy atom. The number of alkyl halides is 1. The van der Waals surface area contributed by atoms with Crippen LogP contribution in [-0.2, 0) is 6.42 Å². The van der Waals surface area contributed by atoms with Crippen LogP contribution in [0, 0.1) is 0 Å². The molecule has 0 bridgehead atoms. The number of ether oxygens (including phenoxy) is 1. The van der Waals surface area contributed by atoms with Crippen LogP contribution in [0.5, 0.6) is 5.75 Å². The van der Waals surface area contributed by atoms with E-state index >= 15 is 0 Å². The highest BCUT2D eigenvalue weighted by molar-refractivity contribution is 9.10. The summed E-state index contributed by atoms with van der Waals surface area (Å²) in [6.45, 7) is 0. The van der Waals surface area contributed by atoms with Crippen molar-refractivity contribution >= 4 is 37.6 Å². The summed E-state index contributed by atoms with van der Waals surface area (Å²) in [5.41, 5.74) is 2.53. The van der Waals surface area contributed by atoms with E-state index in [0.717, 1.165) is 22.0 Å². The molecule has 0 spiro atoms. The number of rotatable bonds is 5. The molecule has 0 aliphatic heterocycles. The van der Waals surface area contributed by atoms with E-state index in [1.165, 1.54) is 5.56 Å². The zero-order valence-corrected chi connectivity index (χ0v) is 14.2. The van der Waals surface area contributed by atoms with E-state index < -0.39 is 0 Å². The van der Waals surface area contributed by atoms with Gasteiger partial charge >= 0.3 is 0 Å². The molecule has 4 heteroatoms. The second kappa shape index (κ2) is 7.04. The lowest BCUT2D eigenvalue weighted by atomic mass is 10.0. The molecule has 0 atom stereocenters. The Kier molecular flexibility index (Phi) is 5.38. The van der Waals surface area contributed by atoms with Crippen LogP contribution in [0.4, 0.5) is 0 Å². The average molecular weight is 398 g/mol. The Morgan fingerprint density at radius 1 is 1.10 bits per heavy atom. The molecule has 2 nitrogen and oxygen atoms in total. The van der Waals surface area contributed by atoms with E-state index in [4.69, 9.17) is 4.74 Å². The first-order valence-electron chi connectivity index (χ1n) is 6.19. The Labute approximate surface area is 135 Å². The van der Waals surface area contributed by atoms with Gasteiger partial charge in [0.1, 0.15) is 5.75 Å². The highest BCUT2D eigenvalue weighted by atomic mass is 79.9. The summed E-state index contributed by atoms with van der Waals surface area (Å²) in [6, 6.07) is 12.9. The third kappa shape index (κ3) is 3.49. The number of carbonyl (C=O) groups is 1. The van der Waals surface area contributed by atoms with E-state index in [1.54, 1.807) is 31.4 Å². The van der Waals surface area contributed by atoms with Gasteiger partial charge in [0.2, 0.25) is 0 Å². The Hall–Kier alpha value is -1.13. The molecule has 2 aromatic carbocycles. The predicted octanol–water partition coefficient (Wildman–Crippen LogP) is 4.63. The lowest BCUT2D eigenvalue weighted by molar-refractivity contribution is 0.103. The summed E-state index contributed by atoms with van der Waals surface area (Å²) in [5, 5.41) is 0.900. The van der Waals surface area contributed by atoms with Crippen LogP contribution in [-0.4, -0.2) is 18.2 Å². The summed E-state index contributed by atoms with van der Waals surface area (Å²) >= 11 is 6.94. The molecular formula is C16H14Br2O2. The van der Waals surface area contributed by atoms with Crippen molar-refractivity contribution in [3.05, 3.63) is 63.6 Å². The maximum Gasteiger partial charge on any atom is 0.193 e. The molecule has 0 N–H and O–H groups in total. The molecule has 0 fully saturated rings. The summed E-state index contributed by atoms with van der Waals surface area (Å²) in [5.74, 6) is 0.758. The smallest absolute Gasteiger partial charge is 0.193 e. The first-order valence-corrected chi connectivity index (χ1v) is 8.10. The zero-order valence-electron chi connectivity index (χ0n) is 11.0. The summed E-state index contributed by atoms with van der Waals surface area (Å²) < 4.78 is 6.06. The average Bonchev–Trinajstić information content (AvgIpc) is 2.49. The molecule has 0 aliphatic carbocycles. The van der Waals surface area contributed by atoms with Crippen molar-refractivity contribution in [2.24, 2.45) is 0 Å². The minimum atomic E-state index is 0.0127. The van der Waals surface area contributed by atoms with Crippen molar-refractivity contribution in [2.45, 2.75) is 6.42 Å². The molecule has 0 aliphatic rings. The summed E-state index contributed by atoms with van der Waals surface area (Å²) in [7, 11) is 1.61. The van der Waals surface area contributed by atoms with Crippen LogP contribution in [0.25, 0.3) is 0 Å². The molecule has 0 heterocycles. The fraction of sp³-hybridized carbons (Fsp3) is 0.188. The minimum absolute atomic E-state index is 0.0127. The predicted molar refractivity (Wildman–Crippen MR) is 88.1 cm³/mol. The molecule has 2 aromatic rings. The SMILES string of the molecule is COc1ccc(C(=O)c2ccc(CCBr)c(Br)c2)cc1. The van der Waals surface area contributed by atoms with Crippen molar-refractivity contribution in [1.29, 1.82) is 0 Å². The number of methoxy groups -OCH3 is 1. The maximum atomic E-state index is 12.4. The quantitative estimate of drug-likeness (QED) is 0.543. The van der Waals surface area contributed by atoms with Crippen LogP contribution >= 0.6 is 31.9 Å². The molecule has 0 amide bonds. The third-order valence-corrected chi connectivity index (χ3v) is 4.17. The molecular weight excluding hydrogens is 384 g/mol. The van der Waals surface area contributed by atoms with Crippen molar-refractivity contribution in [1.82, 2.24) is 0 Å². The van der Waals surface area contributed by atoms with Crippen LogP contribution in [0.3, 0.4) is 0 Å². The van der Waals surface area contributed by atoms with E-state index in [9.17, 15) is 4.79 Å². The van der Waals surface area contributed by atoms with Gasteiger partial charge in [-0.15, -0.1) is 0 Å². The number of benzene rings is 2. The number of ketones is 1. The maximum absolute atomic E-state index is 12.4. The van der Waals surface area contributed by atoms with Crippen molar-refractivity contribution in [2.75, 3.05) is 12.4 Å². The fourth-order valence-electron chi connectivity index (χ4n) is 1.90. The topological polar surface area (TPSA) is 26.3 Å². The summed E-state index contributed by atoms with van der Waals surface area (Å²) in [4.78, 5) is 12.4. The Morgan fingerprint density at radius 2 is 1.75 bits per heavy atom. The summed E-state index contributed by atoms with van der Waals surface area (Å²) in [6.07, 6.45) is 0.928. The van der Waals surface area contributed by atoms with Gasteiger partial charge in [0.15, 0.2) is 5.78 Å². The van der Waals surface area contributed by atoms with Gasteiger partial charge in [-0.1, -0.05) is 44.0 Å². The molecule has 0 aromatic heterocycles. The van der Waals surface area contributed by atoms with E-state index in [0.29, 0.717) is 11.1 Å². The number of aryl methyl sites for hydroxylation is 1. The fourth-order valence-corrected chi connectivity index (χ4v) is 2.91. The zero-order chi connectivity index (χ0) is 14.5. The van der Waals surface area contributed by atoms with Gasteiger partial charge in [0.25, 0.3) is 0 Å². The Bertz CT molecular complexity index is 606. The Balaban J connectivity index is 2.26. The molecule has 2 rings (SSSR count). The molecule has 0 saturated carbocycles. The molecule has 0 saturated heterocycles. The second-order valence-corrected chi connectivity index (χ2v) is 5.95. The highest BCUT2D eigenvalue weighted by Crippen LogP contribution is 2.22. The first-order chi connectivity index (χ1) is 9.65. The normalized spacial score (nSPS) is 10.3. The molecule has 104 valence electrons. The van der Waals surface area contributed by atoms with Gasteiger partial charge in [-0.2, -0.15) is 0 Å². The standard InChI is InChI=1S/C16H14Br2O2/c1-20-14-6-4-12(5-7-14)16(19)13-3-2-11(8-9-17)15(18)10-13/h2-7,10H,8-9H2,1H3. The van der Waals surface area contributed by atoms with Gasteiger partial charge in [-0.25, -0.2) is 0 Å². The molecule has 0 unspecified atom stereocenters. The molecule has 0 radical (unpaired) electrons. The minimum Gasteiger partial charge on any atom is -0.497 e. The third-order valence-electron chi connectivity index (χ3n) is 3.03. The van der Waals surface area contributed by atoms with Gasteiger partial charge in [0, 0.05) is 20.9 Å². The van der Waals surface area contributed by atoms with Crippen molar-refractivity contribution in [3.63, 3.8) is 0 Å². The van der Waals surface area contributed by atoms with Gasteiger partial charge in [-0.3, -0.25) is 4.79 Å². The lowest BCUT2D eigenvalue weighted by Crippen LogP contribution is -2.02. The van der Waals surface area contributed by atoms with Gasteiger partial charge in [0.05, 0.1) is 7.11 Å². The van der Waals surface area contributed by atoms with E-state index in [1.807, 2.05) is 18.2 Å². The highest BCUT2D eigenvalue weighted by Gasteiger charge is 2.11. The van der Waals surface area contributed by atoms with Gasteiger partial charge < -0.3 is 4.74 Å². The van der Waals surface area contributed by atoms with Crippen LogP contribution < -0.4 is 4.74 Å². The largest absolute Gasteiger partial charge is 0.497 e. The van der Waals surface area contributed by atoms with Crippen LogP contribution in [0.1, 0.15) is 21.5 Å². The second-order valence-electron chi connectivity index (χ2n) is 4.30. The number of halogens is 2. The number of hydrogen-bond acceptors (Lipinski definition) is 2.